The number of nitrogens with zero attached hydrogens (tertiary/aromatic N) is 3. The quantitative estimate of drug-likeness (QED) is 0.249. The van der Waals surface area contributed by atoms with Crippen LogP contribution in [0.25, 0.3) is 0 Å². The van der Waals surface area contributed by atoms with Gasteiger partial charge < -0.3 is 10.1 Å². The molecular formula is C23H19Cl2F3N4O4. The molecule has 1 unspecified atom stereocenters. The third-order valence-corrected chi connectivity index (χ3v) is 6.40. The summed E-state index contributed by atoms with van der Waals surface area (Å²) in [6.07, 6.45) is -3.52. The number of non-ortho nitro benzene ring substituents is 1. The number of ether oxygens (including phenoxy) is 1. The van der Waals surface area contributed by atoms with Gasteiger partial charge in [0.05, 0.1) is 27.4 Å². The first-order valence-corrected chi connectivity index (χ1v) is 11.5. The molecule has 2 aromatic carbocycles. The van der Waals surface area contributed by atoms with Gasteiger partial charge in [0.15, 0.2) is 5.69 Å². The van der Waals surface area contributed by atoms with Gasteiger partial charge in [-0.05, 0) is 50.5 Å². The van der Waals surface area contributed by atoms with Crippen LogP contribution in [0, 0.1) is 17.0 Å². The molecule has 190 valence electrons. The summed E-state index contributed by atoms with van der Waals surface area (Å²) in [4.78, 5) is 23.8. The van der Waals surface area contributed by atoms with Crippen molar-refractivity contribution < 1.29 is 27.6 Å². The topological polar surface area (TPSA) is 99.3 Å². The smallest absolute Gasteiger partial charge is 0.436 e. The van der Waals surface area contributed by atoms with Crippen LogP contribution in [-0.4, -0.2) is 20.6 Å². The van der Waals surface area contributed by atoms with Crippen molar-refractivity contribution in [1.82, 2.24) is 9.78 Å². The number of carbonyl (C=O) groups excluding carboxylic acids is 1. The van der Waals surface area contributed by atoms with Crippen LogP contribution in [0.4, 0.5) is 24.5 Å². The molecule has 1 saturated carbocycles. The van der Waals surface area contributed by atoms with Crippen molar-refractivity contribution in [1.29, 1.82) is 0 Å². The van der Waals surface area contributed by atoms with Gasteiger partial charge in [-0.1, -0.05) is 23.2 Å². The number of amides is 1. The van der Waals surface area contributed by atoms with Gasteiger partial charge in [-0.3, -0.25) is 19.6 Å². The normalized spacial score (nSPS) is 14.4. The lowest BCUT2D eigenvalue weighted by atomic mass is 10.2. The molecule has 1 amide bonds. The Bertz CT molecular complexity index is 1360. The fourth-order valence-electron chi connectivity index (χ4n) is 3.62. The third-order valence-electron chi connectivity index (χ3n) is 5.60. The molecule has 0 aliphatic heterocycles. The second-order valence-electron chi connectivity index (χ2n) is 8.42. The summed E-state index contributed by atoms with van der Waals surface area (Å²) in [5.74, 6) is -0.535. The molecule has 36 heavy (non-hydrogen) atoms. The molecule has 1 atom stereocenters. The van der Waals surface area contributed by atoms with Crippen LogP contribution in [0.1, 0.15) is 48.7 Å². The van der Waals surface area contributed by atoms with E-state index in [1.54, 1.807) is 25.1 Å². The minimum Gasteiger partial charge on any atom is -0.457 e. The highest BCUT2D eigenvalue weighted by atomic mass is 35.5. The van der Waals surface area contributed by atoms with Crippen LogP contribution in [0.3, 0.4) is 0 Å². The van der Waals surface area contributed by atoms with Crippen molar-refractivity contribution in [3.05, 3.63) is 73.5 Å². The van der Waals surface area contributed by atoms with Gasteiger partial charge in [0.25, 0.3) is 5.69 Å². The summed E-state index contributed by atoms with van der Waals surface area (Å²) in [6.45, 7) is 3.13. The molecule has 0 radical (unpaired) electrons. The number of rotatable bonds is 7. The van der Waals surface area contributed by atoms with E-state index >= 15 is 0 Å². The Morgan fingerprint density at radius 3 is 2.50 bits per heavy atom. The van der Waals surface area contributed by atoms with Crippen LogP contribution in [-0.2, 0) is 11.0 Å². The molecule has 1 heterocycles. The zero-order valence-electron chi connectivity index (χ0n) is 18.9. The zero-order valence-corrected chi connectivity index (χ0v) is 20.4. The lowest BCUT2D eigenvalue weighted by Crippen LogP contribution is -2.26. The maximum Gasteiger partial charge on any atom is 0.436 e. The summed E-state index contributed by atoms with van der Waals surface area (Å²) < 4.78 is 46.8. The van der Waals surface area contributed by atoms with Crippen LogP contribution >= 0.6 is 23.2 Å². The Kier molecular flexibility index (Phi) is 6.89. The number of carbonyl (C=O) groups is 1. The number of aryl methyl sites for hydroxylation is 1. The SMILES string of the molecule is Cc1cc(Oc2cc(NC(=O)C(C)n3nc(C(F)(F)F)c(Cl)c3C3CC3)cc([N+](=O)[O-])c2)ccc1Cl. The van der Waals surface area contributed by atoms with Crippen LogP contribution in [0.2, 0.25) is 10.0 Å². The Labute approximate surface area is 213 Å². The largest absolute Gasteiger partial charge is 0.457 e. The molecule has 1 fully saturated rings. The van der Waals surface area contributed by atoms with E-state index in [-0.39, 0.29) is 28.7 Å². The predicted molar refractivity (Wildman–Crippen MR) is 127 cm³/mol. The maximum atomic E-state index is 13.4. The van der Waals surface area contributed by atoms with E-state index in [2.05, 4.69) is 10.4 Å². The highest BCUT2D eigenvalue weighted by molar-refractivity contribution is 6.32. The monoisotopic (exact) mass is 542 g/mol. The average molecular weight is 543 g/mol. The fourth-order valence-corrected chi connectivity index (χ4v) is 4.12. The second-order valence-corrected chi connectivity index (χ2v) is 9.20. The lowest BCUT2D eigenvalue weighted by molar-refractivity contribution is -0.384. The number of anilines is 1. The summed E-state index contributed by atoms with van der Waals surface area (Å²) >= 11 is 12.0. The standard InChI is InChI=1S/C23H19Cl2F3N4O4/c1-11-7-16(5-6-18(11)24)36-17-9-14(8-15(10-17)32(34)35)29-22(33)12(2)31-20(13-3-4-13)19(25)21(30-31)23(26,27)28/h5-10,12-13H,3-4H2,1-2H3,(H,29,33). The minimum absolute atomic E-state index is 0.0176. The molecule has 1 N–H and O–H groups in total. The molecule has 8 nitrogen and oxygen atoms in total. The molecule has 0 spiro atoms. The molecule has 4 rings (SSSR count). The van der Waals surface area contributed by atoms with E-state index in [0.717, 1.165) is 16.3 Å². The Balaban J connectivity index is 1.62. The summed E-state index contributed by atoms with van der Waals surface area (Å²) in [5.41, 5.74) is -0.724. The van der Waals surface area contributed by atoms with Crippen molar-refractivity contribution in [2.24, 2.45) is 0 Å². The average Bonchev–Trinajstić information content (AvgIpc) is 3.56. The molecule has 0 saturated heterocycles. The number of halogens is 5. The first-order chi connectivity index (χ1) is 16.8. The van der Waals surface area contributed by atoms with E-state index in [4.69, 9.17) is 27.9 Å². The van der Waals surface area contributed by atoms with Crippen molar-refractivity contribution in [3.8, 4) is 11.5 Å². The van der Waals surface area contributed by atoms with E-state index < -0.39 is 33.8 Å². The van der Waals surface area contributed by atoms with Crippen molar-refractivity contribution in [2.75, 3.05) is 5.32 Å². The van der Waals surface area contributed by atoms with Crippen molar-refractivity contribution >= 4 is 40.5 Å². The Morgan fingerprint density at radius 2 is 1.92 bits per heavy atom. The van der Waals surface area contributed by atoms with Crippen LogP contribution in [0.5, 0.6) is 11.5 Å². The number of alkyl halides is 3. The number of hydrogen-bond acceptors (Lipinski definition) is 5. The highest BCUT2D eigenvalue weighted by Gasteiger charge is 2.43. The summed E-state index contributed by atoms with van der Waals surface area (Å²) in [5, 5.41) is 17.5. The van der Waals surface area contributed by atoms with Gasteiger partial charge in [-0.25, -0.2) is 0 Å². The first kappa shape index (κ1) is 25.8. The fraction of sp³-hybridized carbons (Fsp3) is 0.304. The summed E-state index contributed by atoms with van der Waals surface area (Å²) in [7, 11) is 0. The summed E-state index contributed by atoms with van der Waals surface area (Å²) in [6, 6.07) is 7.29. The van der Waals surface area contributed by atoms with E-state index in [0.29, 0.717) is 23.6 Å². The van der Waals surface area contributed by atoms with E-state index in [1.165, 1.54) is 19.1 Å². The second kappa shape index (κ2) is 9.62. The third kappa shape index (κ3) is 5.41. The van der Waals surface area contributed by atoms with Crippen LogP contribution < -0.4 is 10.1 Å². The number of aromatic nitrogens is 2. The minimum atomic E-state index is -4.78. The Morgan fingerprint density at radius 1 is 1.22 bits per heavy atom. The van der Waals surface area contributed by atoms with Crippen LogP contribution in [0.15, 0.2) is 36.4 Å². The lowest BCUT2D eigenvalue weighted by Gasteiger charge is -2.16. The van der Waals surface area contributed by atoms with Gasteiger partial charge in [0.2, 0.25) is 5.91 Å². The highest BCUT2D eigenvalue weighted by Crippen LogP contribution is 2.47. The van der Waals surface area contributed by atoms with Gasteiger partial charge in [0, 0.05) is 23.1 Å². The predicted octanol–water partition coefficient (Wildman–Crippen LogP) is 7.29. The Hall–Kier alpha value is -3.31. The molecule has 3 aromatic rings. The molecule has 1 aromatic heterocycles. The van der Waals surface area contributed by atoms with Gasteiger partial charge >= 0.3 is 6.18 Å². The number of nitro groups is 1. The van der Waals surface area contributed by atoms with E-state index in [1.807, 2.05) is 0 Å². The molecule has 1 aliphatic carbocycles. The van der Waals surface area contributed by atoms with Gasteiger partial charge in [-0.2, -0.15) is 18.3 Å². The maximum absolute atomic E-state index is 13.4. The van der Waals surface area contributed by atoms with Crippen molar-refractivity contribution in [2.45, 2.75) is 44.8 Å². The van der Waals surface area contributed by atoms with Crippen molar-refractivity contribution in [3.63, 3.8) is 0 Å². The van der Waals surface area contributed by atoms with Gasteiger partial charge in [0.1, 0.15) is 17.5 Å². The molecule has 0 bridgehead atoms. The molecule has 1 aliphatic rings. The molecule has 13 heteroatoms. The number of nitro benzene ring substituents is 1. The first-order valence-electron chi connectivity index (χ1n) is 10.7. The zero-order chi connectivity index (χ0) is 26.4. The number of nitrogens with one attached hydrogen (secondary N) is 1. The number of benzene rings is 2. The van der Waals surface area contributed by atoms with Gasteiger partial charge in [-0.15, -0.1) is 0 Å². The van der Waals surface area contributed by atoms with E-state index in [9.17, 15) is 28.1 Å². The molecular weight excluding hydrogens is 524 g/mol. The number of hydrogen-bond donors (Lipinski definition) is 1.